The van der Waals surface area contributed by atoms with Crippen LogP contribution in [0.1, 0.15) is 18.1 Å². The van der Waals surface area contributed by atoms with Crippen molar-refractivity contribution in [3.63, 3.8) is 0 Å². The van der Waals surface area contributed by atoms with E-state index in [9.17, 15) is 13.2 Å². The van der Waals surface area contributed by atoms with Crippen molar-refractivity contribution in [3.8, 4) is 5.75 Å². The van der Waals surface area contributed by atoms with Gasteiger partial charge in [0.1, 0.15) is 11.4 Å². The van der Waals surface area contributed by atoms with E-state index in [1.54, 1.807) is 43.3 Å². The molecule has 126 valence electrons. The molecule has 1 aliphatic rings. The molecule has 0 spiro atoms. The maximum atomic E-state index is 12.6. The maximum absolute atomic E-state index is 12.6. The Morgan fingerprint density at radius 2 is 1.88 bits per heavy atom. The Balaban J connectivity index is 1.98. The summed E-state index contributed by atoms with van der Waals surface area (Å²) in [6.07, 6.45) is -0.621. The van der Waals surface area contributed by atoms with Crippen molar-refractivity contribution < 1.29 is 17.9 Å². The molecule has 24 heavy (non-hydrogen) atoms. The number of hydrogen-bond acceptors (Lipinski definition) is 4. The summed E-state index contributed by atoms with van der Waals surface area (Å²) < 4.78 is 33.3. The second kappa shape index (κ2) is 5.83. The number of carbonyl (C=O) groups is 1. The third-order valence-corrected chi connectivity index (χ3v) is 5.34. The second-order valence-electron chi connectivity index (χ2n) is 5.78. The lowest BCUT2D eigenvalue weighted by Gasteiger charge is -2.25. The standard InChI is InChI=1S/C17H18N2O4S/c1-10-7-8-13(9-11(10)2)24(21,22)19-14-5-4-6-15-16(14)18-17(20)12(3)23-15/h4-9,12,19H,1-3H3,(H,18,20). The Hall–Kier alpha value is -2.54. The Morgan fingerprint density at radius 1 is 1.12 bits per heavy atom. The average molecular weight is 346 g/mol. The van der Waals surface area contributed by atoms with Gasteiger partial charge < -0.3 is 10.1 Å². The fraction of sp³-hybridized carbons (Fsp3) is 0.235. The summed E-state index contributed by atoms with van der Waals surface area (Å²) in [5.41, 5.74) is 2.50. The predicted molar refractivity (Wildman–Crippen MR) is 91.9 cm³/mol. The molecular formula is C17H18N2O4S. The number of hydrogen-bond donors (Lipinski definition) is 2. The minimum Gasteiger partial charge on any atom is -0.479 e. The van der Waals surface area contributed by atoms with Gasteiger partial charge >= 0.3 is 0 Å². The van der Waals surface area contributed by atoms with Crippen molar-refractivity contribution in [2.75, 3.05) is 10.0 Å². The van der Waals surface area contributed by atoms with Gasteiger partial charge in [-0.1, -0.05) is 12.1 Å². The summed E-state index contributed by atoms with van der Waals surface area (Å²) in [6.45, 7) is 5.40. The summed E-state index contributed by atoms with van der Waals surface area (Å²) >= 11 is 0. The van der Waals surface area contributed by atoms with Crippen LogP contribution in [0.25, 0.3) is 0 Å². The van der Waals surface area contributed by atoms with Gasteiger partial charge in [-0.3, -0.25) is 9.52 Å². The van der Waals surface area contributed by atoms with Crippen LogP contribution in [0.3, 0.4) is 0 Å². The molecule has 0 aromatic heterocycles. The molecule has 0 radical (unpaired) electrons. The van der Waals surface area contributed by atoms with E-state index in [1.807, 2.05) is 13.8 Å². The first-order valence-electron chi connectivity index (χ1n) is 7.48. The largest absolute Gasteiger partial charge is 0.479 e. The third-order valence-electron chi connectivity index (χ3n) is 3.98. The Morgan fingerprint density at radius 3 is 2.58 bits per heavy atom. The fourth-order valence-corrected chi connectivity index (χ4v) is 3.55. The van der Waals surface area contributed by atoms with Gasteiger partial charge in [-0.25, -0.2) is 8.42 Å². The summed E-state index contributed by atoms with van der Waals surface area (Å²) in [5.74, 6) is 0.114. The second-order valence-corrected chi connectivity index (χ2v) is 7.46. The SMILES string of the molecule is Cc1ccc(S(=O)(=O)Nc2cccc3c2NC(=O)C(C)O3)cc1C. The number of carbonyl (C=O) groups excluding carboxylic acids is 1. The van der Waals surface area contributed by atoms with Gasteiger partial charge in [0.05, 0.1) is 10.6 Å². The Labute approximate surface area is 140 Å². The van der Waals surface area contributed by atoms with E-state index in [0.29, 0.717) is 11.4 Å². The van der Waals surface area contributed by atoms with Gasteiger partial charge in [0.15, 0.2) is 6.10 Å². The normalized spacial score (nSPS) is 16.8. The summed E-state index contributed by atoms with van der Waals surface area (Å²) in [7, 11) is -3.77. The van der Waals surface area contributed by atoms with Gasteiger partial charge in [-0.15, -0.1) is 0 Å². The van der Waals surface area contributed by atoms with Crippen LogP contribution in [-0.2, 0) is 14.8 Å². The quantitative estimate of drug-likeness (QED) is 0.895. The highest BCUT2D eigenvalue weighted by Gasteiger charge is 2.27. The highest BCUT2D eigenvalue weighted by molar-refractivity contribution is 7.92. The van der Waals surface area contributed by atoms with Crippen LogP contribution in [0.5, 0.6) is 5.75 Å². The molecule has 1 amide bonds. The number of fused-ring (bicyclic) bond motifs is 1. The number of rotatable bonds is 3. The van der Waals surface area contributed by atoms with Gasteiger partial charge in [-0.05, 0) is 56.2 Å². The molecule has 6 nitrogen and oxygen atoms in total. The topological polar surface area (TPSA) is 84.5 Å². The molecule has 1 heterocycles. The number of amides is 1. The first-order chi connectivity index (χ1) is 11.3. The number of anilines is 2. The molecule has 0 aliphatic carbocycles. The highest BCUT2D eigenvalue weighted by Crippen LogP contribution is 2.37. The van der Waals surface area contributed by atoms with Crippen LogP contribution in [0.15, 0.2) is 41.3 Å². The summed E-state index contributed by atoms with van der Waals surface area (Å²) in [5, 5.41) is 2.68. The van der Waals surface area contributed by atoms with Gasteiger partial charge in [0, 0.05) is 0 Å². The van der Waals surface area contributed by atoms with Crippen molar-refractivity contribution in [2.24, 2.45) is 0 Å². The smallest absolute Gasteiger partial charge is 0.265 e. The number of ether oxygens (including phenoxy) is 1. The molecule has 3 rings (SSSR count). The lowest BCUT2D eigenvalue weighted by molar-refractivity contribution is -0.122. The van der Waals surface area contributed by atoms with E-state index in [0.717, 1.165) is 11.1 Å². The number of aryl methyl sites for hydroxylation is 2. The van der Waals surface area contributed by atoms with Crippen LogP contribution >= 0.6 is 0 Å². The lowest BCUT2D eigenvalue weighted by Crippen LogP contribution is -2.34. The summed E-state index contributed by atoms with van der Waals surface area (Å²) in [6, 6.07) is 9.86. The number of para-hydroxylation sites is 1. The molecule has 2 N–H and O–H groups in total. The lowest BCUT2D eigenvalue weighted by atomic mass is 10.1. The molecule has 2 aromatic rings. The minimum absolute atomic E-state index is 0.166. The molecular weight excluding hydrogens is 328 g/mol. The van der Waals surface area contributed by atoms with Crippen LogP contribution in [0.2, 0.25) is 0 Å². The van der Waals surface area contributed by atoms with Crippen LogP contribution < -0.4 is 14.8 Å². The predicted octanol–water partition coefficient (Wildman–Crippen LogP) is 2.82. The van der Waals surface area contributed by atoms with Gasteiger partial charge in [0.25, 0.3) is 15.9 Å². The van der Waals surface area contributed by atoms with E-state index in [4.69, 9.17) is 4.74 Å². The monoisotopic (exact) mass is 346 g/mol. The van der Waals surface area contributed by atoms with E-state index in [2.05, 4.69) is 10.0 Å². The van der Waals surface area contributed by atoms with Crippen LogP contribution in [-0.4, -0.2) is 20.4 Å². The molecule has 1 aliphatic heterocycles. The molecule has 0 saturated heterocycles. The van der Waals surface area contributed by atoms with Crippen molar-refractivity contribution in [1.82, 2.24) is 0 Å². The van der Waals surface area contributed by atoms with E-state index in [1.165, 1.54) is 0 Å². The molecule has 7 heteroatoms. The highest BCUT2D eigenvalue weighted by atomic mass is 32.2. The first kappa shape index (κ1) is 16.3. The zero-order chi connectivity index (χ0) is 17.5. The van der Waals surface area contributed by atoms with Crippen molar-refractivity contribution in [2.45, 2.75) is 31.8 Å². The molecule has 1 unspecified atom stereocenters. The van der Waals surface area contributed by atoms with Gasteiger partial charge in [-0.2, -0.15) is 0 Å². The molecule has 1 atom stereocenters. The van der Waals surface area contributed by atoms with E-state index < -0.39 is 16.1 Å². The van der Waals surface area contributed by atoms with Crippen molar-refractivity contribution >= 4 is 27.3 Å². The number of sulfonamides is 1. The van der Waals surface area contributed by atoms with Crippen molar-refractivity contribution in [1.29, 1.82) is 0 Å². The summed E-state index contributed by atoms with van der Waals surface area (Å²) in [4.78, 5) is 12.0. The Kier molecular flexibility index (Phi) is 3.96. The van der Waals surface area contributed by atoms with Crippen LogP contribution in [0.4, 0.5) is 11.4 Å². The fourth-order valence-electron chi connectivity index (χ4n) is 2.40. The van der Waals surface area contributed by atoms with E-state index in [-0.39, 0.29) is 16.5 Å². The van der Waals surface area contributed by atoms with Gasteiger partial charge in [0.2, 0.25) is 0 Å². The molecule has 0 fully saturated rings. The molecule has 0 bridgehead atoms. The third kappa shape index (κ3) is 2.94. The maximum Gasteiger partial charge on any atom is 0.265 e. The number of nitrogens with one attached hydrogen (secondary N) is 2. The zero-order valence-corrected chi connectivity index (χ0v) is 14.4. The van der Waals surface area contributed by atoms with Crippen molar-refractivity contribution in [3.05, 3.63) is 47.5 Å². The average Bonchev–Trinajstić information content (AvgIpc) is 2.51. The van der Waals surface area contributed by atoms with E-state index >= 15 is 0 Å². The molecule has 0 saturated carbocycles. The molecule has 2 aromatic carbocycles. The Bertz CT molecular complexity index is 922. The zero-order valence-electron chi connectivity index (χ0n) is 13.6. The minimum atomic E-state index is -3.77. The number of benzene rings is 2. The van der Waals surface area contributed by atoms with Crippen LogP contribution in [0, 0.1) is 13.8 Å². The first-order valence-corrected chi connectivity index (χ1v) is 8.97.